The van der Waals surface area contributed by atoms with Gasteiger partial charge in [0.05, 0.1) is 10.7 Å². The SMILES string of the molecule is Cc1ccc(-n2c(C(=O)O)cc(O)cc2=O)c(Cl)c1. The fraction of sp³-hybridized carbons (Fsp3) is 0.0769. The molecular formula is C13H10ClNO4. The fourth-order valence-corrected chi connectivity index (χ4v) is 2.07. The van der Waals surface area contributed by atoms with Crippen LogP contribution in [-0.4, -0.2) is 20.7 Å². The topological polar surface area (TPSA) is 79.5 Å². The molecule has 1 heterocycles. The van der Waals surface area contributed by atoms with E-state index in [2.05, 4.69) is 0 Å². The molecule has 0 spiro atoms. The normalized spacial score (nSPS) is 10.4. The first-order chi connectivity index (χ1) is 8.90. The number of aromatic nitrogens is 1. The average molecular weight is 280 g/mol. The summed E-state index contributed by atoms with van der Waals surface area (Å²) in [5.74, 6) is -1.73. The van der Waals surface area contributed by atoms with Crippen molar-refractivity contribution in [3.05, 3.63) is 57.0 Å². The number of hydrogen-bond donors (Lipinski definition) is 2. The van der Waals surface area contributed by atoms with Crippen molar-refractivity contribution in [3.63, 3.8) is 0 Å². The maximum Gasteiger partial charge on any atom is 0.353 e. The molecule has 2 aromatic rings. The summed E-state index contributed by atoms with van der Waals surface area (Å²) in [7, 11) is 0. The maximum atomic E-state index is 11.9. The minimum atomic E-state index is -1.33. The number of aromatic hydroxyl groups is 1. The molecule has 0 amide bonds. The Labute approximate surface area is 113 Å². The molecule has 98 valence electrons. The number of benzene rings is 1. The third-order valence-corrected chi connectivity index (χ3v) is 2.88. The molecule has 5 nitrogen and oxygen atoms in total. The van der Waals surface area contributed by atoms with Gasteiger partial charge in [-0.05, 0) is 24.6 Å². The fourth-order valence-electron chi connectivity index (χ4n) is 1.76. The predicted octanol–water partition coefficient (Wildman–Crippen LogP) is 2.20. The molecule has 0 fully saturated rings. The van der Waals surface area contributed by atoms with E-state index in [0.717, 1.165) is 22.3 Å². The third kappa shape index (κ3) is 2.46. The zero-order valence-corrected chi connectivity index (χ0v) is 10.7. The van der Waals surface area contributed by atoms with E-state index in [1.807, 2.05) is 6.92 Å². The third-order valence-electron chi connectivity index (χ3n) is 2.58. The first-order valence-electron chi connectivity index (χ1n) is 5.36. The average Bonchev–Trinajstić information content (AvgIpc) is 2.29. The molecule has 0 saturated carbocycles. The van der Waals surface area contributed by atoms with E-state index in [-0.39, 0.29) is 16.4 Å². The summed E-state index contributed by atoms with van der Waals surface area (Å²) in [4.78, 5) is 23.0. The highest BCUT2D eigenvalue weighted by atomic mass is 35.5. The Hall–Kier alpha value is -2.27. The standard InChI is InChI=1S/C13H10ClNO4/c1-7-2-3-10(9(14)4-7)15-11(13(18)19)5-8(16)6-12(15)17/h2-6,16H,1H3,(H,18,19). The first kappa shape index (κ1) is 13.2. The van der Waals surface area contributed by atoms with Crippen molar-refractivity contribution >= 4 is 17.6 Å². The van der Waals surface area contributed by atoms with E-state index in [1.165, 1.54) is 0 Å². The van der Waals surface area contributed by atoms with Crippen LogP contribution in [0.1, 0.15) is 16.1 Å². The molecule has 0 aliphatic heterocycles. The zero-order chi connectivity index (χ0) is 14.2. The Bertz CT molecular complexity index is 721. The molecule has 0 atom stereocenters. The number of aromatic carboxylic acids is 1. The summed E-state index contributed by atoms with van der Waals surface area (Å²) in [5, 5.41) is 18.7. The number of hydrogen-bond acceptors (Lipinski definition) is 3. The maximum absolute atomic E-state index is 11.9. The monoisotopic (exact) mass is 279 g/mol. The van der Waals surface area contributed by atoms with Crippen molar-refractivity contribution < 1.29 is 15.0 Å². The van der Waals surface area contributed by atoms with Gasteiger partial charge in [0.15, 0.2) is 0 Å². The van der Waals surface area contributed by atoms with Gasteiger partial charge in [-0.15, -0.1) is 0 Å². The van der Waals surface area contributed by atoms with Crippen LogP contribution < -0.4 is 5.56 Å². The van der Waals surface area contributed by atoms with Crippen LogP contribution >= 0.6 is 11.6 Å². The van der Waals surface area contributed by atoms with E-state index in [1.54, 1.807) is 18.2 Å². The molecule has 0 radical (unpaired) electrons. The molecule has 0 unspecified atom stereocenters. The van der Waals surface area contributed by atoms with Gasteiger partial charge in [-0.2, -0.15) is 0 Å². The predicted molar refractivity (Wildman–Crippen MR) is 70.4 cm³/mol. The Morgan fingerprint density at radius 3 is 2.53 bits per heavy atom. The molecule has 2 N–H and O–H groups in total. The van der Waals surface area contributed by atoms with E-state index in [0.29, 0.717) is 0 Å². The van der Waals surface area contributed by atoms with Crippen molar-refractivity contribution in [1.82, 2.24) is 4.57 Å². The number of carboxylic acids is 1. The van der Waals surface area contributed by atoms with Crippen molar-refractivity contribution in [2.75, 3.05) is 0 Å². The second-order valence-electron chi connectivity index (χ2n) is 4.03. The largest absolute Gasteiger partial charge is 0.508 e. The molecule has 1 aromatic heterocycles. The van der Waals surface area contributed by atoms with Crippen LogP contribution in [0, 0.1) is 6.92 Å². The van der Waals surface area contributed by atoms with E-state index >= 15 is 0 Å². The lowest BCUT2D eigenvalue weighted by molar-refractivity contribution is 0.0686. The smallest absolute Gasteiger partial charge is 0.353 e. The highest BCUT2D eigenvalue weighted by Gasteiger charge is 2.16. The number of aryl methyl sites for hydroxylation is 1. The summed E-state index contributed by atoms with van der Waals surface area (Å²) >= 11 is 6.04. The minimum Gasteiger partial charge on any atom is -0.508 e. The molecule has 19 heavy (non-hydrogen) atoms. The number of rotatable bonds is 2. The van der Waals surface area contributed by atoms with Gasteiger partial charge in [-0.25, -0.2) is 4.79 Å². The first-order valence-corrected chi connectivity index (χ1v) is 5.74. The summed E-state index contributed by atoms with van der Waals surface area (Å²) in [6.07, 6.45) is 0. The summed E-state index contributed by atoms with van der Waals surface area (Å²) in [5.41, 5.74) is 0.131. The van der Waals surface area contributed by atoms with Crippen molar-refractivity contribution in [2.45, 2.75) is 6.92 Å². The molecule has 6 heteroatoms. The van der Waals surface area contributed by atoms with Gasteiger partial charge < -0.3 is 10.2 Å². The van der Waals surface area contributed by atoms with Gasteiger partial charge in [0.1, 0.15) is 11.4 Å². The van der Waals surface area contributed by atoms with Crippen LogP contribution in [0.4, 0.5) is 0 Å². The number of carbonyl (C=O) groups is 1. The van der Waals surface area contributed by atoms with Crippen LogP contribution in [0.15, 0.2) is 35.1 Å². The van der Waals surface area contributed by atoms with Crippen LogP contribution in [0.25, 0.3) is 5.69 Å². The van der Waals surface area contributed by atoms with Gasteiger partial charge in [-0.1, -0.05) is 17.7 Å². The van der Waals surface area contributed by atoms with Crippen molar-refractivity contribution in [3.8, 4) is 11.4 Å². The van der Waals surface area contributed by atoms with Gasteiger partial charge in [0.2, 0.25) is 0 Å². The molecule has 0 bridgehead atoms. The van der Waals surface area contributed by atoms with Crippen LogP contribution in [0.5, 0.6) is 5.75 Å². The van der Waals surface area contributed by atoms with Crippen LogP contribution in [0.3, 0.4) is 0 Å². The molecule has 1 aromatic carbocycles. The lowest BCUT2D eigenvalue weighted by Crippen LogP contribution is -2.23. The zero-order valence-electron chi connectivity index (χ0n) is 9.92. The second-order valence-corrected chi connectivity index (χ2v) is 4.44. The van der Waals surface area contributed by atoms with E-state index in [4.69, 9.17) is 16.7 Å². The highest BCUT2D eigenvalue weighted by molar-refractivity contribution is 6.32. The number of carboxylic acid groups (broad SMARTS) is 1. The summed E-state index contributed by atoms with van der Waals surface area (Å²) in [6, 6.07) is 6.83. The molecule has 0 saturated heterocycles. The highest BCUT2D eigenvalue weighted by Crippen LogP contribution is 2.23. The van der Waals surface area contributed by atoms with Crippen molar-refractivity contribution in [2.24, 2.45) is 0 Å². The van der Waals surface area contributed by atoms with Crippen molar-refractivity contribution in [1.29, 1.82) is 0 Å². The van der Waals surface area contributed by atoms with Gasteiger partial charge in [0, 0.05) is 12.1 Å². The summed E-state index contributed by atoms with van der Waals surface area (Å²) < 4.78 is 0.948. The number of nitrogens with zero attached hydrogens (tertiary/aromatic N) is 1. The quantitative estimate of drug-likeness (QED) is 0.883. The Morgan fingerprint density at radius 2 is 1.95 bits per heavy atom. The Kier molecular flexibility index (Phi) is 3.31. The van der Waals surface area contributed by atoms with E-state index in [9.17, 15) is 14.7 Å². The number of halogens is 1. The Balaban J connectivity index is 2.81. The lowest BCUT2D eigenvalue weighted by atomic mass is 10.2. The molecule has 2 rings (SSSR count). The van der Waals surface area contributed by atoms with Crippen LogP contribution in [-0.2, 0) is 0 Å². The van der Waals surface area contributed by atoms with Gasteiger partial charge >= 0.3 is 5.97 Å². The molecule has 0 aliphatic rings. The van der Waals surface area contributed by atoms with E-state index < -0.39 is 17.3 Å². The summed E-state index contributed by atoms with van der Waals surface area (Å²) in [6.45, 7) is 1.83. The second kappa shape index (κ2) is 4.78. The van der Waals surface area contributed by atoms with Gasteiger partial charge in [-0.3, -0.25) is 9.36 Å². The lowest BCUT2D eigenvalue weighted by Gasteiger charge is -2.12. The van der Waals surface area contributed by atoms with Crippen LogP contribution in [0.2, 0.25) is 5.02 Å². The Morgan fingerprint density at radius 1 is 1.26 bits per heavy atom. The van der Waals surface area contributed by atoms with Gasteiger partial charge in [0.25, 0.3) is 5.56 Å². The number of pyridine rings is 1. The molecule has 0 aliphatic carbocycles. The minimum absolute atomic E-state index is 0.259. The molecular weight excluding hydrogens is 270 g/mol.